The predicted octanol–water partition coefficient (Wildman–Crippen LogP) is 1.77. The van der Waals surface area contributed by atoms with E-state index in [1.165, 1.54) is 0 Å². The van der Waals surface area contributed by atoms with Crippen molar-refractivity contribution in [2.24, 2.45) is 5.92 Å². The average Bonchev–Trinajstić information content (AvgIpc) is 3.13. The van der Waals surface area contributed by atoms with E-state index < -0.39 is 0 Å². The highest BCUT2D eigenvalue weighted by atomic mass is 16.2. The molecule has 0 N–H and O–H groups in total. The maximum Gasteiger partial charge on any atom is 0.225 e. The van der Waals surface area contributed by atoms with Crippen LogP contribution in [0, 0.1) is 5.92 Å². The molecule has 3 rings (SSSR count). The van der Waals surface area contributed by atoms with Crippen LogP contribution in [-0.2, 0) is 4.79 Å². The molecule has 0 aromatic carbocycles. The Balaban J connectivity index is 1.90. The molecule has 0 saturated carbocycles. The van der Waals surface area contributed by atoms with Crippen LogP contribution in [0.5, 0.6) is 0 Å². The maximum atomic E-state index is 12.1. The Morgan fingerprint density at radius 1 is 1.41 bits per heavy atom. The number of likely N-dealkylation sites (tertiary alicyclic amines) is 1. The lowest BCUT2D eigenvalue weighted by molar-refractivity contribution is -0.133. The van der Waals surface area contributed by atoms with E-state index >= 15 is 0 Å². The Bertz CT molecular complexity index is 691. The van der Waals surface area contributed by atoms with Crippen molar-refractivity contribution in [3.63, 3.8) is 0 Å². The van der Waals surface area contributed by atoms with Crippen LogP contribution in [-0.4, -0.2) is 52.6 Å². The van der Waals surface area contributed by atoms with Crippen molar-refractivity contribution >= 4 is 17.2 Å². The molecule has 6 heteroatoms. The van der Waals surface area contributed by atoms with Gasteiger partial charge in [-0.2, -0.15) is 5.10 Å². The van der Waals surface area contributed by atoms with Gasteiger partial charge in [-0.15, -0.1) is 0 Å². The molecule has 0 spiro atoms. The minimum absolute atomic E-state index is 0.0534. The lowest BCUT2D eigenvalue weighted by Crippen LogP contribution is -2.32. The molecule has 1 aliphatic rings. The molecule has 6 nitrogen and oxygen atoms in total. The van der Waals surface area contributed by atoms with Crippen LogP contribution in [0.15, 0.2) is 18.5 Å². The van der Waals surface area contributed by atoms with Gasteiger partial charge in [0.25, 0.3) is 0 Å². The number of fused-ring (bicyclic) bond motifs is 1. The summed E-state index contributed by atoms with van der Waals surface area (Å²) >= 11 is 0. The van der Waals surface area contributed by atoms with Gasteiger partial charge in [0.2, 0.25) is 5.91 Å². The summed E-state index contributed by atoms with van der Waals surface area (Å²) in [5.74, 6) is 1.49. The lowest BCUT2D eigenvalue weighted by atomic mass is 10.1. The fourth-order valence-electron chi connectivity index (χ4n) is 3.02. The topological polar surface area (TPSA) is 53.7 Å². The van der Waals surface area contributed by atoms with Gasteiger partial charge in [0.15, 0.2) is 5.82 Å². The molecule has 1 atom stereocenters. The standard InChI is InChI=1S/C16H23N5O/c1-11(2)16(22)20-8-6-12(9-20)13-10-21-14(5-7-17-21)15(18-13)19(3)4/h5,7,10-12H,6,8-9H2,1-4H3/t12-/m0/s1. The van der Waals surface area contributed by atoms with Gasteiger partial charge in [0, 0.05) is 39.0 Å². The number of aromatic nitrogens is 3. The molecule has 118 valence electrons. The van der Waals surface area contributed by atoms with Gasteiger partial charge in [0.05, 0.1) is 18.1 Å². The van der Waals surface area contributed by atoms with Crippen LogP contribution < -0.4 is 4.90 Å². The van der Waals surface area contributed by atoms with Crippen molar-refractivity contribution in [2.45, 2.75) is 26.2 Å². The molecule has 2 aromatic heterocycles. The monoisotopic (exact) mass is 301 g/mol. The van der Waals surface area contributed by atoms with Gasteiger partial charge in [-0.3, -0.25) is 4.79 Å². The van der Waals surface area contributed by atoms with Crippen molar-refractivity contribution in [3.05, 3.63) is 24.2 Å². The van der Waals surface area contributed by atoms with Crippen molar-refractivity contribution in [1.29, 1.82) is 0 Å². The highest BCUT2D eigenvalue weighted by Gasteiger charge is 2.30. The molecule has 22 heavy (non-hydrogen) atoms. The van der Waals surface area contributed by atoms with Crippen molar-refractivity contribution in [3.8, 4) is 0 Å². The normalized spacial score (nSPS) is 18.4. The van der Waals surface area contributed by atoms with E-state index in [4.69, 9.17) is 4.98 Å². The Morgan fingerprint density at radius 3 is 2.86 bits per heavy atom. The lowest BCUT2D eigenvalue weighted by Gasteiger charge is -2.19. The fourth-order valence-corrected chi connectivity index (χ4v) is 3.02. The Kier molecular flexibility index (Phi) is 3.76. The second kappa shape index (κ2) is 5.59. The number of rotatable bonds is 3. The van der Waals surface area contributed by atoms with Gasteiger partial charge in [-0.25, -0.2) is 9.50 Å². The van der Waals surface area contributed by atoms with E-state index in [9.17, 15) is 4.79 Å². The average molecular weight is 301 g/mol. The van der Waals surface area contributed by atoms with Crippen LogP contribution in [0.3, 0.4) is 0 Å². The second-order valence-electron chi connectivity index (χ2n) is 6.47. The minimum Gasteiger partial charge on any atom is -0.361 e. The third-order valence-electron chi connectivity index (χ3n) is 4.22. The SMILES string of the molecule is CC(C)C(=O)N1CC[C@H](c2cn3nccc3c(N(C)C)n2)C1. The summed E-state index contributed by atoms with van der Waals surface area (Å²) in [7, 11) is 3.98. The molecule has 0 unspecified atom stereocenters. The third-order valence-corrected chi connectivity index (χ3v) is 4.22. The summed E-state index contributed by atoms with van der Waals surface area (Å²) in [6.45, 7) is 5.48. The second-order valence-corrected chi connectivity index (χ2v) is 6.47. The largest absolute Gasteiger partial charge is 0.361 e. The summed E-state index contributed by atoms with van der Waals surface area (Å²) < 4.78 is 1.88. The summed E-state index contributed by atoms with van der Waals surface area (Å²) in [4.78, 5) is 20.9. The summed E-state index contributed by atoms with van der Waals surface area (Å²) in [6.07, 6.45) is 4.75. The van der Waals surface area contributed by atoms with E-state index in [-0.39, 0.29) is 17.7 Å². The van der Waals surface area contributed by atoms with E-state index in [1.54, 1.807) is 6.20 Å². The van der Waals surface area contributed by atoms with Gasteiger partial charge in [-0.1, -0.05) is 13.8 Å². The zero-order valence-corrected chi connectivity index (χ0v) is 13.7. The van der Waals surface area contributed by atoms with Gasteiger partial charge >= 0.3 is 0 Å². The van der Waals surface area contributed by atoms with Gasteiger partial charge in [0.1, 0.15) is 5.52 Å². The Labute approximate surface area is 130 Å². The first-order valence-electron chi connectivity index (χ1n) is 7.77. The Morgan fingerprint density at radius 2 is 2.18 bits per heavy atom. The Hall–Kier alpha value is -2.11. The van der Waals surface area contributed by atoms with Crippen molar-refractivity contribution in [1.82, 2.24) is 19.5 Å². The molecule has 0 aliphatic carbocycles. The van der Waals surface area contributed by atoms with Gasteiger partial charge in [-0.05, 0) is 12.5 Å². The highest BCUT2D eigenvalue weighted by Crippen LogP contribution is 2.29. The van der Waals surface area contributed by atoms with Crippen LogP contribution >= 0.6 is 0 Å². The first kappa shape index (κ1) is 14.8. The highest BCUT2D eigenvalue weighted by molar-refractivity contribution is 5.78. The number of anilines is 1. The molecule has 1 amide bonds. The summed E-state index contributed by atoms with van der Waals surface area (Å²) in [5.41, 5.74) is 2.01. The first-order chi connectivity index (χ1) is 10.5. The number of amides is 1. The number of carbonyl (C=O) groups is 1. The number of nitrogens with zero attached hydrogens (tertiary/aromatic N) is 5. The van der Waals surface area contributed by atoms with Crippen molar-refractivity contribution < 1.29 is 4.79 Å². The first-order valence-corrected chi connectivity index (χ1v) is 7.77. The predicted molar refractivity (Wildman–Crippen MR) is 86.1 cm³/mol. The van der Waals surface area contributed by atoms with Crippen LogP contribution in [0.25, 0.3) is 5.52 Å². The van der Waals surface area contributed by atoms with E-state index in [0.29, 0.717) is 0 Å². The van der Waals surface area contributed by atoms with Crippen molar-refractivity contribution in [2.75, 3.05) is 32.1 Å². The van der Waals surface area contributed by atoms with Crippen LogP contribution in [0.1, 0.15) is 31.9 Å². The van der Waals surface area contributed by atoms with Crippen LogP contribution in [0.4, 0.5) is 5.82 Å². The molecular weight excluding hydrogens is 278 g/mol. The molecule has 1 saturated heterocycles. The van der Waals surface area contributed by atoms with Gasteiger partial charge < -0.3 is 9.80 Å². The summed E-state index contributed by atoms with van der Waals surface area (Å²) in [6, 6.07) is 1.97. The quantitative estimate of drug-likeness (QED) is 0.867. The summed E-state index contributed by atoms with van der Waals surface area (Å²) in [5, 5.41) is 4.35. The number of hydrogen-bond acceptors (Lipinski definition) is 4. The van der Waals surface area contributed by atoms with E-state index in [1.807, 2.05) is 54.5 Å². The van der Waals surface area contributed by atoms with E-state index in [0.717, 1.165) is 36.5 Å². The smallest absolute Gasteiger partial charge is 0.225 e. The van der Waals surface area contributed by atoms with Crippen LogP contribution in [0.2, 0.25) is 0 Å². The third kappa shape index (κ3) is 2.53. The zero-order chi connectivity index (χ0) is 15.9. The molecule has 1 fully saturated rings. The molecular formula is C16H23N5O. The van der Waals surface area contributed by atoms with E-state index in [2.05, 4.69) is 5.10 Å². The molecule has 1 aliphatic heterocycles. The fraction of sp³-hybridized carbons (Fsp3) is 0.562. The maximum absolute atomic E-state index is 12.1. The molecule has 0 radical (unpaired) electrons. The molecule has 3 heterocycles. The number of hydrogen-bond donors (Lipinski definition) is 0. The minimum atomic E-state index is 0.0534. The zero-order valence-electron chi connectivity index (χ0n) is 13.7. The molecule has 0 bridgehead atoms. The molecule has 2 aromatic rings. The number of carbonyl (C=O) groups excluding carboxylic acids is 1.